The Labute approximate surface area is 270 Å². The van der Waals surface area contributed by atoms with Crippen LogP contribution in [0.15, 0.2) is 131 Å². The lowest BCUT2D eigenvalue weighted by molar-refractivity contribution is -0.136. The molecular weight excluding hydrogens is 592 g/mol. The van der Waals surface area contributed by atoms with Gasteiger partial charge in [0.05, 0.1) is 41.5 Å². The largest absolute Gasteiger partial charge is 0.425 e. The van der Waals surface area contributed by atoms with Crippen LogP contribution in [0.3, 0.4) is 0 Å². The highest BCUT2D eigenvalue weighted by atomic mass is 16.5. The molecule has 0 spiro atoms. The summed E-state index contributed by atoms with van der Waals surface area (Å²) in [4.78, 5) is 47.3. The fraction of sp³-hybridized carbons (Fsp3) is 0.158. The molecule has 0 unspecified atom stereocenters. The molecule has 2 aromatic heterocycles. The van der Waals surface area contributed by atoms with E-state index in [0.29, 0.717) is 40.9 Å². The van der Waals surface area contributed by atoms with E-state index in [9.17, 15) is 14.4 Å². The predicted octanol–water partition coefficient (Wildman–Crippen LogP) is 5.02. The van der Waals surface area contributed by atoms with Gasteiger partial charge in [-0.1, -0.05) is 91.0 Å². The number of hydrogen-bond donors (Lipinski definition) is 2. The minimum absolute atomic E-state index is 0.166. The van der Waals surface area contributed by atoms with E-state index in [1.165, 1.54) is 12.4 Å². The third-order valence-electron chi connectivity index (χ3n) is 8.66. The van der Waals surface area contributed by atoms with Gasteiger partial charge in [0.2, 0.25) is 0 Å². The Morgan fingerprint density at radius 1 is 0.872 bits per heavy atom. The SMILES string of the molecule is C[C@H](NC(c1ccccc1)(c1ccccc1)c1ccccc1)C(=O)Oc1ccc(-n2c(=O)[nH]c3cnccc3c2=O)c2c1COCC2. The third kappa shape index (κ3) is 5.45. The first kappa shape index (κ1) is 30.0. The Morgan fingerprint density at radius 2 is 1.49 bits per heavy atom. The summed E-state index contributed by atoms with van der Waals surface area (Å²) in [5.74, 6) is -0.174. The Hall–Kier alpha value is -5.64. The van der Waals surface area contributed by atoms with E-state index in [0.717, 1.165) is 26.8 Å². The predicted molar refractivity (Wildman–Crippen MR) is 179 cm³/mol. The maximum absolute atomic E-state index is 13.9. The molecule has 0 saturated heterocycles. The second-order valence-electron chi connectivity index (χ2n) is 11.5. The second kappa shape index (κ2) is 12.6. The molecule has 6 aromatic rings. The average Bonchev–Trinajstić information content (AvgIpc) is 3.12. The Morgan fingerprint density at radius 3 is 2.11 bits per heavy atom. The van der Waals surface area contributed by atoms with Gasteiger partial charge in [0.1, 0.15) is 11.8 Å². The van der Waals surface area contributed by atoms with Gasteiger partial charge in [0.15, 0.2) is 0 Å². The van der Waals surface area contributed by atoms with Gasteiger partial charge < -0.3 is 14.5 Å². The molecule has 0 aliphatic carbocycles. The van der Waals surface area contributed by atoms with Crippen molar-refractivity contribution in [2.45, 2.75) is 31.5 Å². The van der Waals surface area contributed by atoms with E-state index in [1.54, 1.807) is 25.1 Å². The summed E-state index contributed by atoms with van der Waals surface area (Å²) in [6, 6.07) is 34.2. The van der Waals surface area contributed by atoms with Crippen molar-refractivity contribution < 1.29 is 14.3 Å². The van der Waals surface area contributed by atoms with Crippen molar-refractivity contribution in [3.05, 3.63) is 170 Å². The second-order valence-corrected chi connectivity index (χ2v) is 11.5. The standard InChI is InChI=1S/C38H32N4O5/c1-25(41-38(26-11-5-2-6-12-26,27-13-7-3-8-14-27)28-15-9-4-10-16-28)36(44)47-34-18-17-33(29-20-22-46-24-31(29)34)42-35(43)30-19-21-39-23-32(30)40-37(42)45/h2-19,21,23,25,41H,20,22,24H2,1H3,(H,40,45)/t25-/m0/s1. The van der Waals surface area contributed by atoms with Crippen molar-refractivity contribution >= 4 is 16.9 Å². The first-order chi connectivity index (χ1) is 23.0. The van der Waals surface area contributed by atoms with E-state index >= 15 is 0 Å². The number of nitrogens with zero attached hydrogens (tertiary/aromatic N) is 2. The maximum Gasteiger partial charge on any atom is 0.333 e. The Kier molecular flexibility index (Phi) is 8.07. The quantitative estimate of drug-likeness (QED) is 0.139. The molecule has 0 bridgehead atoms. The number of rotatable bonds is 8. The molecule has 7 rings (SSSR count). The average molecular weight is 625 g/mol. The summed E-state index contributed by atoms with van der Waals surface area (Å²) >= 11 is 0. The molecular formula is C38H32N4O5. The zero-order valence-electron chi connectivity index (χ0n) is 25.7. The fourth-order valence-corrected chi connectivity index (χ4v) is 6.43. The Bertz CT molecular complexity index is 2080. The van der Waals surface area contributed by atoms with E-state index in [-0.39, 0.29) is 6.61 Å². The van der Waals surface area contributed by atoms with E-state index < -0.39 is 28.8 Å². The number of carbonyl (C=O) groups excluding carboxylic acids is 1. The smallest absolute Gasteiger partial charge is 0.333 e. The topological polar surface area (TPSA) is 115 Å². The minimum Gasteiger partial charge on any atom is -0.425 e. The number of aromatic nitrogens is 3. The molecule has 1 atom stereocenters. The fourth-order valence-electron chi connectivity index (χ4n) is 6.43. The highest BCUT2D eigenvalue weighted by molar-refractivity contribution is 5.79. The van der Waals surface area contributed by atoms with Crippen molar-refractivity contribution in [3.63, 3.8) is 0 Å². The maximum atomic E-state index is 13.9. The first-order valence-electron chi connectivity index (χ1n) is 15.5. The Balaban J connectivity index is 1.26. The molecule has 9 nitrogen and oxygen atoms in total. The molecule has 9 heteroatoms. The zero-order valence-corrected chi connectivity index (χ0v) is 25.7. The van der Waals surface area contributed by atoms with Crippen LogP contribution in [-0.2, 0) is 28.1 Å². The number of carbonyl (C=O) groups is 1. The summed E-state index contributed by atoms with van der Waals surface area (Å²) in [5, 5.41) is 3.99. The minimum atomic E-state index is -0.873. The monoisotopic (exact) mass is 624 g/mol. The van der Waals surface area contributed by atoms with Crippen LogP contribution >= 0.6 is 0 Å². The summed E-state index contributed by atoms with van der Waals surface area (Å²) in [7, 11) is 0. The van der Waals surface area contributed by atoms with Crippen molar-refractivity contribution in [1.82, 2.24) is 19.9 Å². The summed E-state index contributed by atoms with van der Waals surface area (Å²) in [6.45, 7) is 2.35. The normalized spacial score (nSPS) is 13.6. The third-order valence-corrected chi connectivity index (χ3v) is 8.66. The van der Waals surface area contributed by atoms with Crippen LogP contribution in [0.25, 0.3) is 16.6 Å². The number of fused-ring (bicyclic) bond motifs is 2. The van der Waals surface area contributed by atoms with Crippen LogP contribution < -0.4 is 21.3 Å². The lowest BCUT2D eigenvalue weighted by atomic mass is 9.76. The summed E-state index contributed by atoms with van der Waals surface area (Å²) in [6.07, 6.45) is 3.39. The van der Waals surface area contributed by atoms with Crippen molar-refractivity contribution in [2.24, 2.45) is 0 Å². The molecule has 47 heavy (non-hydrogen) atoms. The molecule has 0 fully saturated rings. The van der Waals surface area contributed by atoms with Gasteiger partial charge in [-0.15, -0.1) is 0 Å². The van der Waals surface area contributed by atoms with Crippen molar-refractivity contribution in [2.75, 3.05) is 6.61 Å². The molecule has 3 heterocycles. The molecule has 0 radical (unpaired) electrons. The summed E-state index contributed by atoms with van der Waals surface area (Å²) < 4.78 is 13.0. The zero-order chi connectivity index (χ0) is 32.4. The van der Waals surface area contributed by atoms with E-state index in [4.69, 9.17) is 9.47 Å². The van der Waals surface area contributed by atoms with Crippen molar-refractivity contribution in [3.8, 4) is 11.4 Å². The summed E-state index contributed by atoms with van der Waals surface area (Å²) in [5.41, 5.74) is 3.12. The van der Waals surface area contributed by atoms with E-state index in [2.05, 4.69) is 15.3 Å². The van der Waals surface area contributed by atoms with Gasteiger partial charge in [-0.3, -0.25) is 15.1 Å². The number of aromatic amines is 1. The van der Waals surface area contributed by atoms with Crippen LogP contribution in [-0.4, -0.2) is 33.2 Å². The molecule has 2 N–H and O–H groups in total. The molecule has 1 aliphatic heterocycles. The van der Waals surface area contributed by atoms with Crippen LogP contribution in [0.5, 0.6) is 5.75 Å². The molecule has 0 amide bonds. The number of hydrogen-bond acceptors (Lipinski definition) is 7. The highest BCUT2D eigenvalue weighted by Crippen LogP contribution is 2.38. The number of esters is 1. The lowest BCUT2D eigenvalue weighted by Gasteiger charge is -2.39. The van der Waals surface area contributed by atoms with Gasteiger partial charge in [-0.25, -0.2) is 14.2 Å². The number of pyridine rings is 1. The van der Waals surface area contributed by atoms with Gasteiger partial charge in [0.25, 0.3) is 5.56 Å². The van der Waals surface area contributed by atoms with Crippen LogP contribution in [0.4, 0.5) is 0 Å². The van der Waals surface area contributed by atoms with Gasteiger partial charge in [0, 0.05) is 11.8 Å². The number of benzene rings is 4. The molecule has 234 valence electrons. The van der Waals surface area contributed by atoms with Gasteiger partial charge in [-0.2, -0.15) is 0 Å². The van der Waals surface area contributed by atoms with Gasteiger partial charge in [-0.05, 0) is 53.8 Å². The molecule has 4 aromatic carbocycles. The van der Waals surface area contributed by atoms with Crippen LogP contribution in [0.1, 0.15) is 34.7 Å². The molecule has 1 aliphatic rings. The van der Waals surface area contributed by atoms with E-state index in [1.807, 2.05) is 91.0 Å². The number of nitrogens with one attached hydrogen (secondary N) is 2. The number of H-pyrrole nitrogens is 1. The first-order valence-corrected chi connectivity index (χ1v) is 15.5. The van der Waals surface area contributed by atoms with Crippen LogP contribution in [0.2, 0.25) is 0 Å². The number of ether oxygens (including phenoxy) is 2. The highest BCUT2D eigenvalue weighted by Gasteiger charge is 2.39. The van der Waals surface area contributed by atoms with Crippen LogP contribution in [0, 0.1) is 0 Å². The van der Waals surface area contributed by atoms with Crippen molar-refractivity contribution in [1.29, 1.82) is 0 Å². The molecule has 0 saturated carbocycles. The lowest BCUT2D eigenvalue weighted by Crippen LogP contribution is -2.52. The van der Waals surface area contributed by atoms with Gasteiger partial charge >= 0.3 is 11.7 Å².